The second-order valence-electron chi connectivity index (χ2n) is 5.84. The first-order valence-electron chi connectivity index (χ1n) is 7.57. The normalized spacial score (nSPS) is 26.6. The van der Waals surface area contributed by atoms with Crippen LogP contribution in [0.1, 0.15) is 43.8 Å². The second-order valence-corrected chi connectivity index (χ2v) is 5.84. The van der Waals surface area contributed by atoms with E-state index in [1.54, 1.807) is 0 Å². The van der Waals surface area contributed by atoms with Gasteiger partial charge in [-0.3, -0.25) is 0 Å². The molecule has 1 saturated carbocycles. The molecule has 0 amide bonds. The summed E-state index contributed by atoms with van der Waals surface area (Å²) in [5.74, 6) is 3.43. The average molecular weight is 264 g/mol. The molecule has 1 aliphatic heterocycles. The van der Waals surface area contributed by atoms with Gasteiger partial charge in [0.2, 0.25) is 0 Å². The summed E-state index contributed by atoms with van der Waals surface area (Å²) < 4.78 is 8.12. The molecule has 0 spiro atoms. The Hall–Kier alpha value is -0.940. The van der Waals surface area contributed by atoms with Crippen LogP contribution in [0.2, 0.25) is 0 Å². The van der Waals surface area contributed by atoms with Crippen molar-refractivity contribution < 1.29 is 4.74 Å². The van der Waals surface area contributed by atoms with Crippen LogP contribution in [0.25, 0.3) is 0 Å². The third-order valence-corrected chi connectivity index (χ3v) is 4.62. The van der Waals surface area contributed by atoms with E-state index in [0.29, 0.717) is 18.4 Å². The van der Waals surface area contributed by atoms with Crippen molar-refractivity contribution in [2.75, 3.05) is 13.2 Å². The Kier molecular flexibility index (Phi) is 4.13. The highest BCUT2D eigenvalue weighted by Gasteiger charge is 2.26. The zero-order valence-electron chi connectivity index (χ0n) is 11.6. The number of fused-ring (bicyclic) bond motifs is 1. The molecule has 5 heteroatoms. The van der Waals surface area contributed by atoms with E-state index >= 15 is 0 Å². The molecule has 3 rings (SSSR count). The molecular weight excluding hydrogens is 240 g/mol. The van der Waals surface area contributed by atoms with Gasteiger partial charge in [-0.1, -0.05) is 6.42 Å². The van der Waals surface area contributed by atoms with E-state index in [9.17, 15) is 0 Å². The molecule has 19 heavy (non-hydrogen) atoms. The molecular formula is C14H24N4O. The summed E-state index contributed by atoms with van der Waals surface area (Å²) in [6.45, 7) is 3.27. The summed E-state index contributed by atoms with van der Waals surface area (Å²) in [7, 11) is 0. The highest BCUT2D eigenvalue weighted by atomic mass is 16.5. The minimum absolute atomic E-state index is 0.598. The van der Waals surface area contributed by atoms with Crippen LogP contribution in [0, 0.1) is 11.8 Å². The fraction of sp³-hybridized carbons (Fsp3) is 0.857. The highest BCUT2D eigenvalue weighted by Crippen LogP contribution is 2.31. The quantitative estimate of drug-likeness (QED) is 0.875. The van der Waals surface area contributed by atoms with E-state index in [0.717, 1.165) is 37.8 Å². The Morgan fingerprint density at radius 2 is 2.05 bits per heavy atom. The van der Waals surface area contributed by atoms with Gasteiger partial charge in [0.05, 0.1) is 6.61 Å². The summed E-state index contributed by atoms with van der Waals surface area (Å²) in [6.07, 6.45) is 7.36. The molecule has 0 radical (unpaired) electrons. The maximum absolute atomic E-state index is 5.88. The van der Waals surface area contributed by atoms with Crippen molar-refractivity contribution in [2.45, 2.75) is 51.7 Å². The van der Waals surface area contributed by atoms with Crippen LogP contribution in [0.3, 0.4) is 0 Å². The van der Waals surface area contributed by atoms with Crippen LogP contribution in [-0.2, 0) is 24.3 Å². The van der Waals surface area contributed by atoms with Crippen molar-refractivity contribution in [3.05, 3.63) is 11.6 Å². The lowest BCUT2D eigenvalue weighted by Crippen LogP contribution is -2.22. The van der Waals surface area contributed by atoms with Crippen LogP contribution in [-0.4, -0.2) is 27.9 Å². The van der Waals surface area contributed by atoms with E-state index in [4.69, 9.17) is 10.5 Å². The number of hydrogen-bond donors (Lipinski definition) is 1. The Morgan fingerprint density at radius 3 is 2.95 bits per heavy atom. The molecule has 5 nitrogen and oxygen atoms in total. The molecule has 2 N–H and O–H groups in total. The molecule has 1 aromatic rings. The molecule has 106 valence electrons. The molecule has 2 heterocycles. The molecule has 0 bridgehead atoms. The lowest BCUT2D eigenvalue weighted by atomic mass is 9.97. The van der Waals surface area contributed by atoms with Crippen LogP contribution in [0.5, 0.6) is 0 Å². The van der Waals surface area contributed by atoms with Gasteiger partial charge in [0.15, 0.2) is 5.82 Å². The molecule has 1 aliphatic carbocycles. The van der Waals surface area contributed by atoms with E-state index in [1.165, 1.54) is 32.1 Å². The molecule has 2 atom stereocenters. The van der Waals surface area contributed by atoms with E-state index in [-0.39, 0.29) is 0 Å². The smallest absolute Gasteiger partial charge is 0.159 e. The number of ether oxygens (including phenoxy) is 1. The maximum atomic E-state index is 5.88. The topological polar surface area (TPSA) is 66.0 Å². The number of nitrogens with two attached hydrogens (primary N) is 1. The van der Waals surface area contributed by atoms with Crippen LogP contribution >= 0.6 is 0 Å². The summed E-state index contributed by atoms with van der Waals surface area (Å²) >= 11 is 0. The predicted octanol–water partition coefficient (Wildman–Crippen LogP) is 1.51. The first-order valence-corrected chi connectivity index (χ1v) is 7.57. The lowest BCUT2D eigenvalue weighted by Gasteiger charge is -2.18. The summed E-state index contributed by atoms with van der Waals surface area (Å²) in [5.41, 5.74) is 5.80. The van der Waals surface area contributed by atoms with Crippen molar-refractivity contribution in [3.8, 4) is 0 Å². The second kappa shape index (κ2) is 6.01. The fourth-order valence-electron chi connectivity index (χ4n) is 3.42. The summed E-state index contributed by atoms with van der Waals surface area (Å²) in [5, 5.41) is 8.52. The van der Waals surface area contributed by atoms with Crippen molar-refractivity contribution in [3.63, 3.8) is 0 Å². The first-order chi connectivity index (χ1) is 9.38. The van der Waals surface area contributed by atoms with Crippen molar-refractivity contribution >= 4 is 0 Å². The van der Waals surface area contributed by atoms with Crippen molar-refractivity contribution in [2.24, 2.45) is 17.6 Å². The molecule has 0 saturated heterocycles. The van der Waals surface area contributed by atoms with E-state index < -0.39 is 0 Å². The number of rotatable bonds is 5. The van der Waals surface area contributed by atoms with Gasteiger partial charge in [-0.2, -0.15) is 0 Å². The molecule has 2 unspecified atom stereocenters. The van der Waals surface area contributed by atoms with Gasteiger partial charge in [0.25, 0.3) is 0 Å². The molecule has 1 aromatic heterocycles. The standard InChI is InChI=1S/C14H24N4O/c15-8-11-4-3-5-12(11)9-19-10-14-17-16-13-6-1-2-7-18(13)14/h11-12H,1-10,15H2. The number of hydrogen-bond acceptors (Lipinski definition) is 4. The minimum atomic E-state index is 0.598. The first kappa shape index (κ1) is 13.1. The van der Waals surface area contributed by atoms with Gasteiger partial charge < -0.3 is 15.0 Å². The third-order valence-electron chi connectivity index (χ3n) is 4.62. The fourth-order valence-corrected chi connectivity index (χ4v) is 3.42. The highest BCUT2D eigenvalue weighted by molar-refractivity contribution is 4.97. The lowest BCUT2D eigenvalue weighted by molar-refractivity contribution is 0.0691. The third kappa shape index (κ3) is 2.82. The van der Waals surface area contributed by atoms with Gasteiger partial charge in [0.1, 0.15) is 12.4 Å². The Labute approximate surface area is 114 Å². The van der Waals surface area contributed by atoms with Crippen LogP contribution in [0.15, 0.2) is 0 Å². The zero-order chi connectivity index (χ0) is 13.1. The number of aromatic nitrogens is 3. The van der Waals surface area contributed by atoms with Crippen LogP contribution < -0.4 is 5.73 Å². The molecule has 1 fully saturated rings. The van der Waals surface area contributed by atoms with Gasteiger partial charge in [-0.15, -0.1) is 10.2 Å². The molecule has 0 aromatic carbocycles. The van der Waals surface area contributed by atoms with Gasteiger partial charge in [-0.05, 0) is 44.1 Å². The number of aryl methyl sites for hydroxylation is 1. The maximum Gasteiger partial charge on any atom is 0.159 e. The van der Waals surface area contributed by atoms with Crippen LogP contribution in [0.4, 0.5) is 0 Å². The number of nitrogens with zero attached hydrogens (tertiary/aromatic N) is 3. The Morgan fingerprint density at radius 1 is 1.16 bits per heavy atom. The van der Waals surface area contributed by atoms with Crippen molar-refractivity contribution in [1.29, 1.82) is 0 Å². The SMILES string of the molecule is NCC1CCCC1COCc1nnc2n1CCCC2. The molecule has 2 aliphatic rings. The predicted molar refractivity (Wildman–Crippen MR) is 72.5 cm³/mol. The summed E-state index contributed by atoms with van der Waals surface area (Å²) in [6, 6.07) is 0. The summed E-state index contributed by atoms with van der Waals surface area (Å²) in [4.78, 5) is 0. The zero-order valence-corrected chi connectivity index (χ0v) is 11.6. The average Bonchev–Trinajstić information content (AvgIpc) is 3.06. The van der Waals surface area contributed by atoms with Crippen molar-refractivity contribution in [1.82, 2.24) is 14.8 Å². The Balaban J connectivity index is 1.51. The van der Waals surface area contributed by atoms with E-state index in [1.807, 2.05) is 0 Å². The van der Waals surface area contributed by atoms with Gasteiger partial charge in [-0.25, -0.2) is 0 Å². The van der Waals surface area contributed by atoms with E-state index in [2.05, 4.69) is 14.8 Å². The van der Waals surface area contributed by atoms with Gasteiger partial charge in [0, 0.05) is 13.0 Å². The monoisotopic (exact) mass is 264 g/mol. The largest absolute Gasteiger partial charge is 0.373 e. The minimum Gasteiger partial charge on any atom is -0.373 e. The Bertz CT molecular complexity index is 418. The van der Waals surface area contributed by atoms with Gasteiger partial charge >= 0.3 is 0 Å².